The van der Waals surface area contributed by atoms with Crippen LogP contribution >= 0.6 is 0 Å². The van der Waals surface area contributed by atoms with E-state index in [0.29, 0.717) is 0 Å². The second-order valence-corrected chi connectivity index (χ2v) is 10.8. The van der Waals surface area contributed by atoms with Crippen LogP contribution in [0.3, 0.4) is 0 Å². The molecule has 0 aromatic heterocycles. The highest BCUT2D eigenvalue weighted by molar-refractivity contribution is 7.86. The molecule has 0 spiro atoms. The summed E-state index contributed by atoms with van der Waals surface area (Å²) in [5, 5.41) is 5.78. The van der Waals surface area contributed by atoms with Gasteiger partial charge in [-0.25, -0.2) is 0 Å². The highest BCUT2D eigenvalue weighted by Gasteiger charge is 2.21. The smallest absolute Gasteiger partial charge is 0.262 e. The molecule has 4 aromatic carbocycles. The second kappa shape index (κ2) is 7.16. The molecule has 0 amide bonds. The van der Waals surface area contributed by atoms with E-state index < -0.39 is 32.4 Å². The number of rotatable bonds is 6. The monoisotopic (exact) mass is 446 g/mol. The molecule has 4 rings (SSSR count). The summed E-state index contributed by atoms with van der Waals surface area (Å²) in [7, 11) is -7.22. The zero-order valence-corrected chi connectivity index (χ0v) is 18.7. The molecule has 4 aromatic rings. The van der Waals surface area contributed by atoms with Crippen LogP contribution in [0.2, 0.25) is 0 Å². The van der Waals surface area contributed by atoms with Crippen LogP contribution in [0.15, 0.2) is 48.5 Å². The molecule has 0 bridgehead atoms. The molecule has 6 nitrogen and oxygen atoms in total. The molecule has 0 saturated carbocycles. The van der Waals surface area contributed by atoms with Gasteiger partial charge in [-0.15, -0.1) is 0 Å². The summed E-state index contributed by atoms with van der Waals surface area (Å²) in [5.74, 6) is 0. The molecule has 2 atom stereocenters. The quantitative estimate of drug-likeness (QED) is 0.316. The molecule has 0 N–H and O–H groups in total. The lowest BCUT2D eigenvalue weighted by Gasteiger charge is -2.20. The van der Waals surface area contributed by atoms with E-state index >= 15 is 0 Å². The minimum Gasteiger partial charge on any atom is -0.262 e. The van der Waals surface area contributed by atoms with Crippen LogP contribution in [-0.2, 0) is 28.6 Å². The van der Waals surface area contributed by atoms with Crippen molar-refractivity contribution in [1.29, 1.82) is 0 Å². The summed E-state index contributed by atoms with van der Waals surface area (Å²) in [6, 6.07) is 15.6. The third-order valence-corrected chi connectivity index (χ3v) is 6.52. The van der Waals surface area contributed by atoms with Gasteiger partial charge >= 0.3 is 0 Å². The first-order valence-corrected chi connectivity index (χ1v) is 13.0. The average molecular weight is 447 g/mol. The van der Waals surface area contributed by atoms with E-state index in [0.717, 1.165) is 56.0 Å². The molecule has 2 unspecified atom stereocenters. The van der Waals surface area contributed by atoms with E-state index in [2.05, 4.69) is 0 Å². The minimum atomic E-state index is -3.61. The first-order valence-electron chi connectivity index (χ1n) is 9.41. The summed E-state index contributed by atoms with van der Waals surface area (Å²) >= 11 is 0. The Morgan fingerprint density at radius 3 is 1.27 bits per heavy atom. The van der Waals surface area contributed by atoms with Gasteiger partial charge in [0.25, 0.3) is 20.2 Å². The standard InChI is InChI=1S/C22H22O6S2/c1-13(27-29(3,23)24)17-9-5-15-8-12-20-18(14(2)28-30(4,25)26)10-6-16-7-11-19(17)21(15)22(16)20/h5-14H,1-4H3. The van der Waals surface area contributed by atoms with Gasteiger partial charge in [0, 0.05) is 0 Å². The molecule has 0 saturated heterocycles. The van der Waals surface area contributed by atoms with Crippen LogP contribution in [0.4, 0.5) is 0 Å². The van der Waals surface area contributed by atoms with E-state index in [-0.39, 0.29) is 0 Å². The molecular weight excluding hydrogens is 424 g/mol. The third-order valence-electron chi connectivity index (χ3n) is 5.25. The summed E-state index contributed by atoms with van der Waals surface area (Å²) in [6.45, 7) is 3.42. The van der Waals surface area contributed by atoms with E-state index in [1.54, 1.807) is 13.8 Å². The maximum absolute atomic E-state index is 11.6. The van der Waals surface area contributed by atoms with Gasteiger partial charge in [-0.3, -0.25) is 8.37 Å². The topological polar surface area (TPSA) is 86.7 Å². The number of hydrogen-bond acceptors (Lipinski definition) is 6. The largest absolute Gasteiger partial charge is 0.264 e. The maximum atomic E-state index is 11.6. The molecular formula is C22H22O6S2. The van der Waals surface area contributed by atoms with Crippen LogP contribution in [0, 0.1) is 0 Å². The third kappa shape index (κ3) is 3.88. The highest BCUT2D eigenvalue weighted by Crippen LogP contribution is 2.41. The lowest BCUT2D eigenvalue weighted by atomic mass is 9.88. The summed E-state index contributed by atoms with van der Waals surface area (Å²) in [5.41, 5.74) is 1.54. The Morgan fingerprint density at radius 1 is 0.600 bits per heavy atom. The van der Waals surface area contributed by atoms with E-state index in [1.807, 2.05) is 48.5 Å². The van der Waals surface area contributed by atoms with Crippen molar-refractivity contribution in [1.82, 2.24) is 0 Å². The Bertz CT molecular complexity index is 1360. The molecule has 0 heterocycles. The SMILES string of the molecule is CC(OS(C)(=O)=O)c1ccc2ccc3c(C(C)OS(C)(=O)=O)ccc4ccc1c2c43. The van der Waals surface area contributed by atoms with Gasteiger partial charge in [0.05, 0.1) is 24.7 Å². The highest BCUT2D eigenvalue weighted by atomic mass is 32.2. The maximum Gasteiger partial charge on any atom is 0.264 e. The van der Waals surface area contributed by atoms with Crippen molar-refractivity contribution < 1.29 is 25.2 Å². The summed E-state index contributed by atoms with van der Waals surface area (Å²) in [6.07, 6.45) is 0.789. The fourth-order valence-electron chi connectivity index (χ4n) is 4.18. The van der Waals surface area contributed by atoms with Crippen molar-refractivity contribution in [2.45, 2.75) is 26.1 Å². The van der Waals surface area contributed by atoms with Crippen molar-refractivity contribution in [3.8, 4) is 0 Å². The van der Waals surface area contributed by atoms with Crippen molar-refractivity contribution in [3.63, 3.8) is 0 Å². The van der Waals surface area contributed by atoms with E-state index in [1.165, 1.54) is 0 Å². The molecule has 30 heavy (non-hydrogen) atoms. The molecule has 158 valence electrons. The van der Waals surface area contributed by atoms with Gasteiger partial charge in [0.2, 0.25) is 0 Å². The zero-order chi connectivity index (χ0) is 21.8. The van der Waals surface area contributed by atoms with Gasteiger partial charge in [-0.2, -0.15) is 16.8 Å². The fourth-order valence-corrected chi connectivity index (χ4v) is 5.44. The molecule has 0 aliphatic carbocycles. The lowest BCUT2D eigenvalue weighted by Crippen LogP contribution is -2.09. The van der Waals surface area contributed by atoms with E-state index in [9.17, 15) is 16.8 Å². The van der Waals surface area contributed by atoms with E-state index in [4.69, 9.17) is 8.37 Å². The Labute approximate surface area is 176 Å². The van der Waals surface area contributed by atoms with Crippen LogP contribution in [0.1, 0.15) is 37.2 Å². The van der Waals surface area contributed by atoms with Crippen LogP contribution < -0.4 is 0 Å². The normalized spacial score (nSPS) is 15.2. The van der Waals surface area contributed by atoms with Crippen LogP contribution in [-0.4, -0.2) is 29.3 Å². The Morgan fingerprint density at radius 2 is 0.933 bits per heavy atom. The lowest BCUT2D eigenvalue weighted by molar-refractivity contribution is 0.237. The first kappa shape index (κ1) is 21.0. The molecule has 0 radical (unpaired) electrons. The zero-order valence-electron chi connectivity index (χ0n) is 17.0. The summed E-state index contributed by atoms with van der Waals surface area (Å²) < 4.78 is 57.0. The van der Waals surface area contributed by atoms with Crippen molar-refractivity contribution in [2.24, 2.45) is 0 Å². The molecule has 0 aliphatic heterocycles. The Balaban J connectivity index is 2.00. The number of benzene rings is 4. The molecule has 0 fully saturated rings. The Hall–Kier alpha value is -2.26. The van der Waals surface area contributed by atoms with Crippen LogP contribution in [0.5, 0.6) is 0 Å². The van der Waals surface area contributed by atoms with Crippen molar-refractivity contribution >= 4 is 52.6 Å². The second-order valence-electron chi connectivity index (χ2n) is 7.62. The first-order chi connectivity index (χ1) is 13.9. The van der Waals surface area contributed by atoms with Crippen molar-refractivity contribution in [3.05, 3.63) is 59.7 Å². The van der Waals surface area contributed by atoms with Gasteiger partial charge in [-0.05, 0) is 57.3 Å². The van der Waals surface area contributed by atoms with Gasteiger partial charge < -0.3 is 0 Å². The number of hydrogen-bond donors (Lipinski definition) is 0. The van der Waals surface area contributed by atoms with Gasteiger partial charge in [0.1, 0.15) is 0 Å². The minimum absolute atomic E-state index is 0.642. The molecule has 0 aliphatic rings. The predicted molar refractivity (Wildman–Crippen MR) is 119 cm³/mol. The average Bonchev–Trinajstić information content (AvgIpc) is 2.62. The van der Waals surface area contributed by atoms with Gasteiger partial charge in [-0.1, -0.05) is 48.5 Å². The fraction of sp³-hybridized carbons (Fsp3) is 0.273. The van der Waals surface area contributed by atoms with Crippen molar-refractivity contribution in [2.75, 3.05) is 12.5 Å². The van der Waals surface area contributed by atoms with Gasteiger partial charge in [0.15, 0.2) is 0 Å². The molecule has 8 heteroatoms. The predicted octanol–water partition coefficient (Wildman–Crippen LogP) is 4.66. The summed E-state index contributed by atoms with van der Waals surface area (Å²) in [4.78, 5) is 0. The Kier molecular flexibility index (Phi) is 5.01. The van der Waals surface area contributed by atoms with Crippen LogP contribution in [0.25, 0.3) is 32.3 Å².